The molecule has 20 heavy (non-hydrogen) atoms. The third-order valence-corrected chi connectivity index (χ3v) is 4.39. The molecule has 0 aliphatic heterocycles. The van der Waals surface area contributed by atoms with E-state index in [0.29, 0.717) is 0 Å². The molecule has 0 unspecified atom stereocenters. The second-order valence-corrected chi connectivity index (χ2v) is 5.83. The standard InChI is InChI=1S/C15H20N2O3/c16-14(18)9-17(10-4-1-2-5-10)15(19)12-8-11(12)13-6-3-7-20-13/h3,6-7,10-12H,1-2,4-5,8-9H2,(H2,16,18)/t11-,12+/m1/s1. The minimum Gasteiger partial charge on any atom is -0.469 e. The zero-order chi connectivity index (χ0) is 14.1. The summed E-state index contributed by atoms with van der Waals surface area (Å²) in [5.41, 5.74) is 5.30. The van der Waals surface area contributed by atoms with Gasteiger partial charge in [-0.3, -0.25) is 9.59 Å². The van der Waals surface area contributed by atoms with Gasteiger partial charge in [-0.2, -0.15) is 0 Å². The van der Waals surface area contributed by atoms with Gasteiger partial charge in [0.15, 0.2) is 0 Å². The third-order valence-electron chi connectivity index (χ3n) is 4.39. The maximum atomic E-state index is 12.6. The van der Waals surface area contributed by atoms with Crippen molar-refractivity contribution in [3.05, 3.63) is 24.2 Å². The van der Waals surface area contributed by atoms with E-state index in [9.17, 15) is 9.59 Å². The number of hydrogen-bond acceptors (Lipinski definition) is 3. The summed E-state index contributed by atoms with van der Waals surface area (Å²) in [6.07, 6.45) is 6.66. The van der Waals surface area contributed by atoms with Gasteiger partial charge < -0.3 is 15.1 Å². The van der Waals surface area contributed by atoms with E-state index < -0.39 is 5.91 Å². The number of nitrogens with zero attached hydrogens (tertiary/aromatic N) is 1. The van der Waals surface area contributed by atoms with Crippen LogP contribution in [0.25, 0.3) is 0 Å². The molecule has 2 N–H and O–H groups in total. The number of furan rings is 1. The van der Waals surface area contributed by atoms with Crippen LogP contribution in [0.4, 0.5) is 0 Å². The van der Waals surface area contributed by atoms with Crippen molar-refractivity contribution in [1.82, 2.24) is 4.90 Å². The lowest BCUT2D eigenvalue weighted by Gasteiger charge is -2.28. The molecule has 0 spiro atoms. The Morgan fingerprint density at radius 3 is 2.70 bits per heavy atom. The Labute approximate surface area is 118 Å². The first kappa shape index (κ1) is 13.2. The number of nitrogens with two attached hydrogens (primary N) is 1. The van der Waals surface area contributed by atoms with E-state index in [4.69, 9.17) is 10.2 Å². The van der Waals surface area contributed by atoms with Crippen LogP contribution in [0, 0.1) is 5.92 Å². The first-order chi connectivity index (χ1) is 9.66. The molecule has 2 atom stereocenters. The molecule has 2 saturated carbocycles. The molecule has 2 amide bonds. The van der Waals surface area contributed by atoms with Crippen molar-refractivity contribution in [2.45, 2.75) is 44.1 Å². The van der Waals surface area contributed by atoms with Gasteiger partial charge in [0.05, 0.1) is 12.8 Å². The predicted molar refractivity (Wildman–Crippen MR) is 72.7 cm³/mol. The molecule has 0 saturated heterocycles. The molecular formula is C15H20N2O3. The molecule has 0 bridgehead atoms. The van der Waals surface area contributed by atoms with Gasteiger partial charge in [0.25, 0.3) is 0 Å². The fourth-order valence-electron chi connectivity index (χ4n) is 3.27. The molecule has 2 fully saturated rings. The average Bonchev–Trinajstić information content (AvgIpc) is 2.87. The molecule has 0 radical (unpaired) electrons. The number of hydrogen-bond donors (Lipinski definition) is 1. The summed E-state index contributed by atoms with van der Waals surface area (Å²) in [6, 6.07) is 3.94. The Balaban J connectivity index is 1.68. The van der Waals surface area contributed by atoms with Crippen LogP contribution in [0.3, 0.4) is 0 Å². The lowest BCUT2D eigenvalue weighted by Crippen LogP contribution is -2.45. The van der Waals surface area contributed by atoms with Crippen LogP contribution in [0.2, 0.25) is 0 Å². The molecule has 0 aromatic carbocycles. The quantitative estimate of drug-likeness (QED) is 0.888. The zero-order valence-corrected chi connectivity index (χ0v) is 11.5. The molecule has 5 nitrogen and oxygen atoms in total. The summed E-state index contributed by atoms with van der Waals surface area (Å²) in [5, 5.41) is 0. The van der Waals surface area contributed by atoms with E-state index in [1.807, 2.05) is 12.1 Å². The van der Waals surface area contributed by atoms with Crippen LogP contribution in [0.15, 0.2) is 22.8 Å². The monoisotopic (exact) mass is 276 g/mol. The fraction of sp³-hybridized carbons (Fsp3) is 0.600. The van der Waals surface area contributed by atoms with E-state index in [2.05, 4.69) is 0 Å². The van der Waals surface area contributed by atoms with E-state index in [0.717, 1.165) is 37.9 Å². The van der Waals surface area contributed by atoms with E-state index >= 15 is 0 Å². The first-order valence-corrected chi connectivity index (χ1v) is 7.29. The molecular weight excluding hydrogens is 256 g/mol. The van der Waals surface area contributed by atoms with Crippen molar-refractivity contribution in [2.75, 3.05) is 6.54 Å². The van der Waals surface area contributed by atoms with Crippen LogP contribution in [-0.4, -0.2) is 29.3 Å². The Morgan fingerprint density at radius 2 is 2.10 bits per heavy atom. The van der Waals surface area contributed by atoms with Crippen molar-refractivity contribution in [3.63, 3.8) is 0 Å². The highest BCUT2D eigenvalue weighted by Crippen LogP contribution is 2.49. The molecule has 1 heterocycles. The number of carbonyl (C=O) groups excluding carboxylic acids is 2. The third kappa shape index (κ3) is 2.57. The van der Waals surface area contributed by atoms with Crippen molar-refractivity contribution in [3.8, 4) is 0 Å². The fourth-order valence-corrected chi connectivity index (χ4v) is 3.27. The van der Waals surface area contributed by atoms with Crippen LogP contribution in [-0.2, 0) is 9.59 Å². The summed E-state index contributed by atoms with van der Waals surface area (Å²) in [7, 11) is 0. The van der Waals surface area contributed by atoms with E-state index in [1.165, 1.54) is 0 Å². The van der Waals surface area contributed by atoms with Crippen molar-refractivity contribution in [2.24, 2.45) is 11.7 Å². The summed E-state index contributed by atoms with van der Waals surface area (Å²) >= 11 is 0. The van der Waals surface area contributed by atoms with Crippen LogP contribution < -0.4 is 5.73 Å². The lowest BCUT2D eigenvalue weighted by molar-refractivity contribution is -0.138. The number of rotatable bonds is 5. The maximum Gasteiger partial charge on any atom is 0.237 e. The lowest BCUT2D eigenvalue weighted by atomic mass is 10.1. The molecule has 2 aliphatic rings. The summed E-state index contributed by atoms with van der Waals surface area (Å²) in [4.78, 5) is 25.6. The minimum atomic E-state index is -0.430. The zero-order valence-electron chi connectivity index (χ0n) is 11.5. The summed E-state index contributed by atoms with van der Waals surface area (Å²) < 4.78 is 5.36. The Morgan fingerprint density at radius 1 is 1.35 bits per heavy atom. The number of carbonyl (C=O) groups is 2. The highest BCUT2D eigenvalue weighted by molar-refractivity contribution is 5.87. The van der Waals surface area contributed by atoms with Gasteiger partial charge in [0.2, 0.25) is 11.8 Å². The van der Waals surface area contributed by atoms with Crippen molar-refractivity contribution in [1.29, 1.82) is 0 Å². The van der Waals surface area contributed by atoms with Gasteiger partial charge in [-0.15, -0.1) is 0 Å². The molecule has 1 aromatic heterocycles. The van der Waals surface area contributed by atoms with Gasteiger partial charge in [0, 0.05) is 17.9 Å². The van der Waals surface area contributed by atoms with Gasteiger partial charge in [-0.25, -0.2) is 0 Å². The normalized spacial score (nSPS) is 25.6. The Kier molecular flexibility index (Phi) is 3.51. The second-order valence-electron chi connectivity index (χ2n) is 5.83. The molecule has 1 aromatic rings. The van der Waals surface area contributed by atoms with Crippen molar-refractivity contribution >= 4 is 11.8 Å². The predicted octanol–water partition coefficient (Wildman–Crippen LogP) is 1.64. The summed E-state index contributed by atoms with van der Waals surface area (Å²) in [6.45, 7) is 0.0465. The van der Waals surface area contributed by atoms with E-state index in [1.54, 1.807) is 11.2 Å². The number of amides is 2. The van der Waals surface area contributed by atoms with Gasteiger partial charge in [0.1, 0.15) is 5.76 Å². The van der Waals surface area contributed by atoms with Crippen LogP contribution in [0.5, 0.6) is 0 Å². The van der Waals surface area contributed by atoms with Crippen LogP contribution >= 0.6 is 0 Å². The Hall–Kier alpha value is -1.78. The molecule has 5 heteroatoms. The van der Waals surface area contributed by atoms with Crippen molar-refractivity contribution < 1.29 is 14.0 Å². The van der Waals surface area contributed by atoms with Gasteiger partial charge >= 0.3 is 0 Å². The average molecular weight is 276 g/mol. The topological polar surface area (TPSA) is 76.5 Å². The minimum absolute atomic E-state index is 0.0406. The molecule has 108 valence electrons. The molecule has 3 rings (SSSR count). The SMILES string of the molecule is NC(=O)CN(C(=O)[C@H]1C[C@H]1c1ccco1)C1CCCC1. The highest BCUT2D eigenvalue weighted by Gasteiger charge is 2.48. The molecule has 2 aliphatic carbocycles. The van der Waals surface area contributed by atoms with E-state index in [-0.39, 0.29) is 30.3 Å². The smallest absolute Gasteiger partial charge is 0.237 e. The Bertz CT molecular complexity index is 491. The van der Waals surface area contributed by atoms with Gasteiger partial charge in [-0.05, 0) is 31.4 Å². The first-order valence-electron chi connectivity index (χ1n) is 7.29. The maximum absolute atomic E-state index is 12.6. The second kappa shape index (κ2) is 5.31. The van der Waals surface area contributed by atoms with Gasteiger partial charge in [-0.1, -0.05) is 12.8 Å². The largest absolute Gasteiger partial charge is 0.469 e. The highest BCUT2D eigenvalue weighted by atomic mass is 16.3. The number of primary amides is 1. The summed E-state index contributed by atoms with van der Waals surface area (Å²) in [5.74, 6) is 0.640. The van der Waals surface area contributed by atoms with Crippen LogP contribution in [0.1, 0.15) is 43.8 Å².